The first-order valence-corrected chi connectivity index (χ1v) is 7.57. The van der Waals surface area contributed by atoms with Crippen LogP contribution < -0.4 is 4.90 Å². The van der Waals surface area contributed by atoms with E-state index in [1.165, 1.54) is 11.1 Å². The van der Waals surface area contributed by atoms with E-state index in [2.05, 4.69) is 36.1 Å². The molecule has 0 aromatic heterocycles. The van der Waals surface area contributed by atoms with Crippen LogP contribution in [0.4, 0.5) is 5.69 Å². The van der Waals surface area contributed by atoms with Crippen molar-refractivity contribution in [2.45, 2.75) is 26.4 Å². The van der Waals surface area contributed by atoms with E-state index in [1.54, 1.807) is 4.90 Å². The van der Waals surface area contributed by atoms with Crippen molar-refractivity contribution in [3.05, 3.63) is 65.7 Å². The number of anilines is 1. The molecule has 0 bridgehead atoms. The molecule has 0 aliphatic carbocycles. The van der Waals surface area contributed by atoms with Crippen molar-refractivity contribution in [2.24, 2.45) is 0 Å². The van der Waals surface area contributed by atoms with Crippen LogP contribution in [0.1, 0.15) is 18.1 Å². The van der Waals surface area contributed by atoms with E-state index in [-0.39, 0.29) is 11.9 Å². The van der Waals surface area contributed by atoms with E-state index < -0.39 is 0 Å². The molecule has 1 amide bonds. The highest BCUT2D eigenvalue weighted by atomic mass is 16.2. The van der Waals surface area contributed by atoms with Crippen molar-refractivity contribution >= 4 is 11.6 Å². The van der Waals surface area contributed by atoms with Gasteiger partial charge in [0.05, 0.1) is 6.04 Å². The Labute approximate surface area is 133 Å². The number of amides is 1. The molecule has 0 heterocycles. The molecule has 0 aliphatic rings. The summed E-state index contributed by atoms with van der Waals surface area (Å²) in [5.41, 5.74) is 3.39. The van der Waals surface area contributed by atoms with Gasteiger partial charge in [-0.15, -0.1) is 0 Å². The summed E-state index contributed by atoms with van der Waals surface area (Å²) in [5.74, 6) is 0.0980. The number of hydrogen-bond donors (Lipinski definition) is 0. The van der Waals surface area contributed by atoms with E-state index in [1.807, 2.05) is 51.4 Å². The lowest BCUT2D eigenvalue weighted by Crippen LogP contribution is -2.43. The molecule has 0 spiro atoms. The first-order valence-electron chi connectivity index (χ1n) is 7.57. The SMILES string of the molecule is Cc1ccc(CN(C)C(C)C(=O)N(C)c2ccccc2)cc1. The molecule has 2 rings (SSSR count). The summed E-state index contributed by atoms with van der Waals surface area (Å²) in [6.45, 7) is 4.79. The number of para-hydroxylation sites is 1. The maximum Gasteiger partial charge on any atom is 0.243 e. The van der Waals surface area contributed by atoms with Gasteiger partial charge in [0.15, 0.2) is 0 Å². The van der Waals surface area contributed by atoms with Crippen molar-refractivity contribution in [1.29, 1.82) is 0 Å². The van der Waals surface area contributed by atoms with Gasteiger partial charge in [-0.2, -0.15) is 0 Å². The molecule has 1 atom stereocenters. The van der Waals surface area contributed by atoms with Crippen LogP contribution in [0.15, 0.2) is 54.6 Å². The lowest BCUT2D eigenvalue weighted by atomic mass is 10.1. The number of aryl methyl sites for hydroxylation is 1. The molecule has 0 N–H and O–H groups in total. The molecule has 0 fully saturated rings. The average Bonchev–Trinajstić information content (AvgIpc) is 2.55. The van der Waals surface area contributed by atoms with Gasteiger partial charge in [-0.1, -0.05) is 48.0 Å². The number of carbonyl (C=O) groups is 1. The molecule has 3 heteroatoms. The number of nitrogens with zero attached hydrogens (tertiary/aromatic N) is 2. The van der Waals surface area contributed by atoms with Crippen LogP contribution in [0.25, 0.3) is 0 Å². The van der Waals surface area contributed by atoms with E-state index >= 15 is 0 Å². The zero-order valence-corrected chi connectivity index (χ0v) is 13.8. The lowest BCUT2D eigenvalue weighted by Gasteiger charge is -2.28. The van der Waals surface area contributed by atoms with Crippen LogP contribution >= 0.6 is 0 Å². The first kappa shape index (κ1) is 16.2. The summed E-state index contributed by atoms with van der Waals surface area (Å²) in [4.78, 5) is 16.4. The Morgan fingerprint density at radius 3 is 2.18 bits per heavy atom. The molecule has 0 aliphatic heterocycles. The predicted octanol–water partition coefficient (Wildman–Crippen LogP) is 3.48. The van der Waals surface area contributed by atoms with Gasteiger partial charge in [-0.3, -0.25) is 9.69 Å². The van der Waals surface area contributed by atoms with Crippen molar-refractivity contribution in [2.75, 3.05) is 19.0 Å². The highest BCUT2D eigenvalue weighted by molar-refractivity contribution is 5.96. The lowest BCUT2D eigenvalue weighted by molar-refractivity contribution is -0.122. The van der Waals surface area contributed by atoms with Gasteiger partial charge in [0.2, 0.25) is 5.91 Å². The highest BCUT2D eigenvalue weighted by Gasteiger charge is 2.22. The molecule has 22 heavy (non-hydrogen) atoms. The van der Waals surface area contributed by atoms with Crippen LogP contribution in [-0.2, 0) is 11.3 Å². The Balaban J connectivity index is 2.01. The van der Waals surface area contributed by atoms with Crippen LogP contribution in [0.3, 0.4) is 0 Å². The fourth-order valence-electron chi connectivity index (χ4n) is 2.37. The van der Waals surface area contributed by atoms with Gasteiger partial charge >= 0.3 is 0 Å². The van der Waals surface area contributed by atoms with Crippen LogP contribution in [-0.4, -0.2) is 30.9 Å². The van der Waals surface area contributed by atoms with Gasteiger partial charge in [-0.25, -0.2) is 0 Å². The molecule has 0 saturated carbocycles. The molecular weight excluding hydrogens is 272 g/mol. The largest absolute Gasteiger partial charge is 0.314 e. The van der Waals surface area contributed by atoms with Crippen molar-refractivity contribution in [1.82, 2.24) is 4.90 Å². The van der Waals surface area contributed by atoms with E-state index in [9.17, 15) is 4.79 Å². The monoisotopic (exact) mass is 296 g/mol. The smallest absolute Gasteiger partial charge is 0.243 e. The maximum absolute atomic E-state index is 12.6. The first-order chi connectivity index (χ1) is 10.5. The molecule has 1 unspecified atom stereocenters. The van der Waals surface area contributed by atoms with Crippen LogP contribution in [0.5, 0.6) is 0 Å². The molecular formula is C19H24N2O. The molecule has 0 radical (unpaired) electrons. The van der Waals surface area contributed by atoms with E-state index in [0.29, 0.717) is 0 Å². The Kier molecular flexibility index (Phi) is 5.34. The minimum absolute atomic E-state index is 0.0980. The Bertz CT molecular complexity index is 607. The Morgan fingerprint density at radius 2 is 1.59 bits per heavy atom. The summed E-state index contributed by atoms with van der Waals surface area (Å²) in [5, 5.41) is 0. The van der Waals surface area contributed by atoms with Gasteiger partial charge in [0.25, 0.3) is 0 Å². The van der Waals surface area contributed by atoms with E-state index in [0.717, 1.165) is 12.2 Å². The third-order valence-corrected chi connectivity index (χ3v) is 4.05. The molecule has 3 nitrogen and oxygen atoms in total. The van der Waals surface area contributed by atoms with Gasteiger partial charge in [0, 0.05) is 19.3 Å². The van der Waals surface area contributed by atoms with Crippen molar-refractivity contribution < 1.29 is 4.79 Å². The fraction of sp³-hybridized carbons (Fsp3) is 0.316. The second-order valence-electron chi connectivity index (χ2n) is 5.81. The van der Waals surface area contributed by atoms with Crippen molar-refractivity contribution in [3.63, 3.8) is 0 Å². The minimum atomic E-state index is -0.175. The van der Waals surface area contributed by atoms with Crippen LogP contribution in [0.2, 0.25) is 0 Å². The summed E-state index contributed by atoms with van der Waals surface area (Å²) in [6, 6.07) is 18.0. The zero-order chi connectivity index (χ0) is 16.1. The second-order valence-corrected chi connectivity index (χ2v) is 5.81. The van der Waals surface area contributed by atoms with Gasteiger partial charge < -0.3 is 4.90 Å². The van der Waals surface area contributed by atoms with Crippen LogP contribution in [0, 0.1) is 6.92 Å². The zero-order valence-electron chi connectivity index (χ0n) is 13.8. The van der Waals surface area contributed by atoms with E-state index in [4.69, 9.17) is 0 Å². The Hall–Kier alpha value is -2.13. The molecule has 0 saturated heterocycles. The Morgan fingerprint density at radius 1 is 1.00 bits per heavy atom. The molecule has 116 valence electrons. The second kappa shape index (κ2) is 7.23. The summed E-state index contributed by atoms with van der Waals surface area (Å²) in [6.07, 6.45) is 0. The van der Waals surface area contributed by atoms with Crippen molar-refractivity contribution in [3.8, 4) is 0 Å². The average molecular weight is 296 g/mol. The number of benzene rings is 2. The highest BCUT2D eigenvalue weighted by Crippen LogP contribution is 2.15. The topological polar surface area (TPSA) is 23.6 Å². The maximum atomic E-state index is 12.6. The number of carbonyl (C=O) groups excluding carboxylic acids is 1. The normalized spacial score (nSPS) is 12.2. The number of rotatable bonds is 5. The standard InChI is InChI=1S/C19H24N2O/c1-15-10-12-17(13-11-15)14-20(3)16(2)19(22)21(4)18-8-6-5-7-9-18/h5-13,16H,14H2,1-4H3. The third-order valence-electron chi connectivity index (χ3n) is 4.05. The number of likely N-dealkylation sites (N-methyl/N-ethyl adjacent to an activating group) is 2. The predicted molar refractivity (Wildman–Crippen MR) is 92.0 cm³/mol. The van der Waals surface area contributed by atoms with Gasteiger partial charge in [-0.05, 0) is 38.6 Å². The fourth-order valence-corrected chi connectivity index (χ4v) is 2.37. The number of hydrogen-bond acceptors (Lipinski definition) is 2. The minimum Gasteiger partial charge on any atom is -0.314 e. The quantitative estimate of drug-likeness (QED) is 0.843. The third kappa shape index (κ3) is 3.95. The van der Waals surface area contributed by atoms with Gasteiger partial charge in [0.1, 0.15) is 0 Å². The summed E-state index contributed by atoms with van der Waals surface area (Å²) in [7, 11) is 3.81. The summed E-state index contributed by atoms with van der Waals surface area (Å²) < 4.78 is 0. The summed E-state index contributed by atoms with van der Waals surface area (Å²) >= 11 is 0. The molecule has 2 aromatic carbocycles. The molecule has 2 aromatic rings.